The fourth-order valence-corrected chi connectivity index (χ4v) is 4.96. The van der Waals surface area contributed by atoms with E-state index < -0.39 is 10.0 Å². The number of hydrogen-bond acceptors (Lipinski definition) is 3. The number of fused-ring (bicyclic) bond motifs is 1. The van der Waals surface area contributed by atoms with Crippen molar-refractivity contribution < 1.29 is 13.2 Å². The first-order valence-corrected chi connectivity index (χ1v) is 11.0. The van der Waals surface area contributed by atoms with E-state index in [-0.39, 0.29) is 23.9 Å². The molecule has 0 fully saturated rings. The van der Waals surface area contributed by atoms with E-state index in [1.54, 1.807) is 12.1 Å². The quantitative estimate of drug-likeness (QED) is 0.799. The second kappa shape index (κ2) is 7.35. The standard InChI is InChI=1S/C21H26N2O3S/c1-15(2)21(24)22-16(3)14-20(18-12-8-9-13-19(18)22)23(27(4,25)26)17-10-6-5-7-11-17/h5-13,15-16,20H,14H2,1-4H3/t16-,20+/m0/s1. The van der Waals surface area contributed by atoms with Gasteiger partial charge in [-0.3, -0.25) is 9.10 Å². The van der Waals surface area contributed by atoms with Gasteiger partial charge < -0.3 is 4.90 Å². The van der Waals surface area contributed by atoms with E-state index in [0.717, 1.165) is 11.3 Å². The lowest BCUT2D eigenvalue weighted by atomic mass is 9.90. The van der Waals surface area contributed by atoms with E-state index in [2.05, 4.69) is 0 Å². The molecular weight excluding hydrogens is 360 g/mol. The van der Waals surface area contributed by atoms with E-state index in [0.29, 0.717) is 12.1 Å². The Morgan fingerprint density at radius 2 is 1.67 bits per heavy atom. The van der Waals surface area contributed by atoms with Gasteiger partial charge in [-0.2, -0.15) is 0 Å². The molecule has 2 atom stereocenters. The molecule has 1 amide bonds. The Kier molecular flexibility index (Phi) is 5.29. The number of benzene rings is 2. The molecule has 0 N–H and O–H groups in total. The Morgan fingerprint density at radius 3 is 2.26 bits per heavy atom. The van der Waals surface area contributed by atoms with Gasteiger partial charge in [0.25, 0.3) is 0 Å². The molecule has 0 saturated carbocycles. The van der Waals surface area contributed by atoms with Crippen LogP contribution in [0.15, 0.2) is 54.6 Å². The molecule has 1 heterocycles. The minimum absolute atomic E-state index is 0.0546. The van der Waals surface area contributed by atoms with Gasteiger partial charge >= 0.3 is 0 Å². The highest BCUT2D eigenvalue weighted by Crippen LogP contribution is 2.43. The lowest BCUT2D eigenvalue weighted by Gasteiger charge is -2.43. The fraction of sp³-hybridized carbons (Fsp3) is 0.381. The summed E-state index contributed by atoms with van der Waals surface area (Å²) in [6.45, 7) is 5.75. The number of hydrogen-bond donors (Lipinski definition) is 0. The molecule has 1 aliphatic rings. The van der Waals surface area contributed by atoms with Crippen molar-refractivity contribution in [3.05, 3.63) is 60.2 Å². The summed E-state index contributed by atoms with van der Waals surface area (Å²) in [4.78, 5) is 14.6. The second-order valence-corrected chi connectivity index (χ2v) is 9.28. The number of sulfonamides is 1. The molecule has 0 spiro atoms. The largest absolute Gasteiger partial charge is 0.309 e. The van der Waals surface area contributed by atoms with Crippen LogP contribution in [0.3, 0.4) is 0 Å². The molecule has 5 nitrogen and oxygen atoms in total. The smallest absolute Gasteiger partial charge is 0.232 e. The highest BCUT2D eigenvalue weighted by atomic mass is 32.2. The molecule has 2 aromatic rings. The summed E-state index contributed by atoms with van der Waals surface area (Å²) in [6.07, 6.45) is 1.77. The van der Waals surface area contributed by atoms with Crippen molar-refractivity contribution in [2.45, 2.75) is 39.3 Å². The first kappa shape index (κ1) is 19.4. The summed E-state index contributed by atoms with van der Waals surface area (Å²) in [5.41, 5.74) is 2.29. The van der Waals surface area contributed by atoms with Crippen LogP contribution in [-0.4, -0.2) is 26.6 Å². The maximum absolute atomic E-state index is 12.8. The van der Waals surface area contributed by atoms with Gasteiger partial charge in [0.15, 0.2) is 0 Å². The van der Waals surface area contributed by atoms with Crippen molar-refractivity contribution in [1.29, 1.82) is 0 Å². The van der Waals surface area contributed by atoms with Gasteiger partial charge in [-0.15, -0.1) is 0 Å². The third-order valence-corrected chi connectivity index (χ3v) is 6.12. The van der Waals surface area contributed by atoms with E-state index in [4.69, 9.17) is 0 Å². The van der Waals surface area contributed by atoms with Crippen LogP contribution >= 0.6 is 0 Å². The Bertz CT molecular complexity index is 925. The summed E-state index contributed by atoms with van der Waals surface area (Å²) in [5, 5.41) is 0. The average molecular weight is 387 g/mol. The molecule has 144 valence electrons. The molecular formula is C21H26N2O3S. The van der Waals surface area contributed by atoms with Gasteiger partial charge in [-0.05, 0) is 37.1 Å². The number of para-hydroxylation sites is 2. The third-order valence-electron chi connectivity index (χ3n) is 4.94. The van der Waals surface area contributed by atoms with E-state index in [9.17, 15) is 13.2 Å². The van der Waals surface area contributed by atoms with Gasteiger partial charge in [0.05, 0.1) is 18.0 Å². The van der Waals surface area contributed by atoms with Crippen molar-refractivity contribution >= 4 is 27.3 Å². The molecule has 0 aliphatic carbocycles. The molecule has 27 heavy (non-hydrogen) atoms. The van der Waals surface area contributed by atoms with Crippen LogP contribution in [-0.2, 0) is 14.8 Å². The summed E-state index contributed by atoms with van der Waals surface area (Å²) in [7, 11) is -3.51. The first-order chi connectivity index (χ1) is 12.7. The van der Waals surface area contributed by atoms with Gasteiger partial charge in [0.2, 0.25) is 15.9 Å². The summed E-state index contributed by atoms with van der Waals surface area (Å²) in [5.74, 6) is -0.0730. The van der Waals surface area contributed by atoms with Gasteiger partial charge in [0.1, 0.15) is 0 Å². The Balaban J connectivity index is 2.16. The van der Waals surface area contributed by atoms with Crippen LogP contribution < -0.4 is 9.21 Å². The zero-order valence-corrected chi connectivity index (χ0v) is 17.0. The van der Waals surface area contributed by atoms with Gasteiger partial charge in [0, 0.05) is 17.6 Å². The van der Waals surface area contributed by atoms with Crippen LogP contribution in [0, 0.1) is 5.92 Å². The molecule has 3 rings (SSSR count). The molecule has 2 aromatic carbocycles. The van der Waals surface area contributed by atoms with Crippen LogP contribution in [0.5, 0.6) is 0 Å². The molecule has 0 aromatic heterocycles. The topological polar surface area (TPSA) is 57.7 Å². The lowest BCUT2D eigenvalue weighted by molar-refractivity contribution is -0.122. The number of anilines is 2. The average Bonchev–Trinajstić information content (AvgIpc) is 2.61. The van der Waals surface area contributed by atoms with E-state index in [1.807, 2.05) is 68.1 Å². The number of carbonyl (C=O) groups is 1. The molecule has 0 saturated heterocycles. The van der Waals surface area contributed by atoms with Crippen molar-refractivity contribution in [3.63, 3.8) is 0 Å². The Hall–Kier alpha value is -2.34. The van der Waals surface area contributed by atoms with Crippen LogP contribution in [0.4, 0.5) is 11.4 Å². The predicted octanol–water partition coefficient (Wildman–Crippen LogP) is 3.98. The number of amides is 1. The third kappa shape index (κ3) is 3.72. The van der Waals surface area contributed by atoms with Crippen molar-refractivity contribution in [3.8, 4) is 0 Å². The monoisotopic (exact) mass is 386 g/mol. The molecule has 0 bridgehead atoms. The van der Waals surface area contributed by atoms with E-state index in [1.165, 1.54) is 10.6 Å². The molecule has 0 radical (unpaired) electrons. The second-order valence-electron chi connectivity index (χ2n) is 7.42. The number of nitrogens with zero attached hydrogens (tertiary/aromatic N) is 2. The molecule has 0 unspecified atom stereocenters. The van der Waals surface area contributed by atoms with Gasteiger partial charge in [-0.1, -0.05) is 50.2 Å². The Morgan fingerprint density at radius 1 is 1.07 bits per heavy atom. The Labute approximate surface area is 161 Å². The maximum atomic E-state index is 12.8. The van der Waals surface area contributed by atoms with Crippen LogP contribution in [0.1, 0.15) is 38.8 Å². The summed E-state index contributed by atoms with van der Waals surface area (Å²) < 4.78 is 26.9. The zero-order valence-electron chi connectivity index (χ0n) is 16.2. The SMILES string of the molecule is CC(C)C(=O)N1c2ccccc2[C@H](N(c2ccccc2)S(C)(=O)=O)C[C@@H]1C. The highest BCUT2D eigenvalue weighted by Gasteiger charge is 2.39. The van der Waals surface area contributed by atoms with Crippen LogP contribution in [0.2, 0.25) is 0 Å². The summed E-state index contributed by atoms with van der Waals surface area (Å²) in [6, 6.07) is 16.3. The number of carbonyl (C=O) groups excluding carboxylic acids is 1. The van der Waals surface area contributed by atoms with Crippen molar-refractivity contribution in [2.24, 2.45) is 5.92 Å². The minimum atomic E-state index is -3.51. The maximum Gasteiger partial charge on any atom is 0.232 e. The van der Waals surface area contributed by atoms with Crippen LogP contribution in [0.25, 0.3) is 0 Å². The molecule has 1 aliphatic heterocycles. The fourth-order valence-electron chi connectivity index (χ4n) is 3.80. The van der Waals surface area contributed by atoms with Crippen molar-refractivity contribution in [1.82, 2.24) is 0 Å². The number of rotatable bonds is 4. The van der Waals surface area contributed by atoms with Crippen molar-refractivity contribution in [2.75, 3.05) is 15.5 Å². The summed E-state index contributed by atoms with van der Waals surface area (Å²) >= 11 is 0. The van der Waals surface area contributed by atoms with Gasteiger partial charge in [-0.25, -0.2) is 8.42 Å². The normalized spacial score (nSPS) is 19.7. The predicted molar refractivity (Wildman–Crippen MR) is 109 cm³/mol. The highest BCUT2D eigenvalue weighted by molar-refractivity contribution is 7.92. The minimum Gasteiger partial charge on any atom is -0.309 e. The lowest BCUT2D eigenvalue weighted by Crippen LogP contribution is -2.48. The molecule has 6 heteroatoms. The zero-order chi connectivity index (χ0) is 19.8. The van der Waals surface area contributed by atoms with E-state index >= 15 is 0 Å². The first-order valence-electron chi connectivity index (χ1n) is 9.18.